The second-order valence-corrected chi connectivity index (χ2v) is 7.24. The van der Waals surface area contributed by atoms with Gasteiger partial charge in [-0.15, -0.1) is 0 Å². The lowest BCUT2D eigenvalue weighted by Crippen LogP contribution is -2.54. The number of thiazole rings is 1. The number of nitrogens with one attached hydrogen (secondary N) is 1. The largest absolute Gasteiger partial charge is 0.355 e. The van der Waals surface area contributed by atoms with E-state index in [4.69, 9.17) is 0 Å². The van der Waals surface area contributed by atoms with Gasteiger partial charge in [0.1, 0.15) is 5.82 Å². The normalized spacial score (nSPS) is 14.5. The van der Waals surface area contributed by atoms with Crippen molar-refractivity contribution in [2.75, 3.05) is 24.5 Å². The molecule has 0 unspecified atom stereocenters. The maximum absolute atomic E-state index is 12.9. The molecule has 0 radical (unpaired) electrons. The molecule has 128 valence electrons. The van der Waals surface area contributed by atoms with Gasteiger partial charge in [-0.1, -0.05) is 35.6 Å². The summed E-state index contributed by atoms with van der Waals surface area (Å²) in [5.74, 6) is -0.142. The highest BCUT2D eigenvalue weighted by Crippen LogP contribution is 2.32. The van der Waals surface area contributed by atoms with Crippen molar-refractivity contribution in [1.82, 2.24) is 10.3 Å². The first-order valence-electron chi connectivity index (χ1n) is 8.32. The van der Waals surface area contributed by atoms with E-state index in [1.165, 1.54) is 16.8 Å². The molecule has 1 aliphatic rings. The number of amides is 1. The molecule has 1 fully saturated rings. The molecule has 0 atom stereocenters. The van der Waals surface area contributed by atoms with Crippen molar-refractivity contribution in [3.05, 3.63) is 59.9 Å². The minimum absolute atomic E-state index is 0.0141. The fourth-order valence-corrected chi connectivity index (χ4v) is 3.91. The van der Waals surface area contributed by atoms with Crippen molar-refractivity contribution in [1.29, 1.82) is 0 Å². The summed E-state index contributed by atoms with van der Waals surface area (Å²) < 4.78 is 14.0. The number of rotatable bonds is 5. The SMILES string of the molecule is O=C(NCCc1ccc(F)cc1)C1CN(c2nc3ccccc3s2)C1. The van der Waals surface area contributed by atoms with E-state index < -0.39 is 0 Å². The number of carbonyl (C=O) groups is 1. The van der Waals surface area contributed by atoms with Crippen LogP contribution < -0.4 is 10.2 Å². The van der Waals surface area contributed by atoms with Gasteiger partial charge in [0.25, 0.3) is 0 Å². The van der Waals surface area contributed by atoms with Gasteiger partial charge in [-0.05, 0) is 36.2 Å². The number of halogens is 1. The van der Waals surface area contributed by atoms with Crippen molar-refractivity contribution in [2.24, 2.45) is 5.92 Å². The average Bonchev–Trinajstić information content (AvgIpc) is 2.98. The summed E-state index contributed by atoms with van der Waals surface area (Å²) in [6.07, 6.45) is 0.709. The molecule has 1 saturated heterocycles. The molecule has 1 aliphatic heterocycles. The summed E-state index contributed by atoms with van der Waals surface area (Å²) >= 11 is 1.66. The van der Waals surface area contributed by atoms with E-state index in [1.54, 1.807) is 23.5 Å². The van der Waals surface area contributed by atoms with Gasteiger partial charge < -0.3 is 10.2 Å². The van der Waals surface area contributed by atoms with Crippen LogP contribution in [0.25, 0.3) is 10.2 Å². The molecule has 0 spiro atoms. The summed E-state index contributed by atoms with van der Waals surface area (Å²) in [4.78, 5) is 19.0. The van der Waals surface area contributed by atoms with Crippen molar-refractivity contribution < 1.29 is 9.18 Å². The Morgan fingerprint density at radius 2 is 1.96 bits per heavy atom. The first kappa shape index (κ1) is 16.0. The maximum atomic E-state index is 12.9. The Hall–Kier alpha value is -2.47. The number of benzene rings is 2. The quantitative estimate of drug-likeness (QED) is 0.764. The fourth-order valence-electron chi connectivity index (χ4n) is 2.92. The summed E-state index contributed by atoms with van der Waals surface area (Å²) in [5.41, 5.74) is 2.03. The Morgan fingerprint density at radius 3 is 2.72 bits per heavy atom. The van der Waals surface area contributed by atoms with Gasteiger partial charge in [-0.2, -0.15) is 0 Å². The summed E-state index contributed by atoms with van der Waals surface area (Å²) in [6.45, 7) is 1.99. The van der Waals surface area contributed by atoms with Gasteiger partial charge in [0.15, 0.2) is 5.13 Å². The first-order valence-corrected chi connectivity index (χ1v) is 9.13. The third-order valence-electron chi connectivity index (χ3n) is 4.43. The van der Waals surface area contributed by atoms with Crippen molar-refractivity contribution in [3.8, 4) is 0 Å². The van der Waals surface area contributed by atoms with Crippen molar-refractivity contribution in [2.45, 2.75) is 6.42 Å². The Labute approximate surface area is 149 Å². The molecule has 4 nitrogen and oxygen atoms in total. The summed E-state index contributed by atoms with van der Waals surface area (Å²) in [6, 6.07) is 14.5. The standard InChI is InChI=1S/C19H18FN3OS/c20-15-7-5-13(6-8-15)9-10-21-18(24)14-11-23(12-14)19-22-16-3-1-2-4-17(16)25-19/h1-8,14H,9-12H2,(H,21,24). The van der Waals surface area contributed by atoms with E-state index in [0.29, 0.717) is 26.1 Å². The molecule has 3 aromatic rings. The summed E-state index contributed by atoms with van der Waals surface area (Å²) in [5, 5.41) is 3.95. The topological polar surface area (TPSA) is 45.2 Å². The van der Waals surface area contributed by atoms with Gasteiger partial charge in [0.2, 0.25) is 5.91 Å². The zero-order valence-corrected chi connectivity index (χ0v) is 14.4. The van der Waals surface area contributed by atoms with Crippen LogP contribution in [0.3, 0.4) is 0 Å². The van der Waals surface area contributed by atoms with Crippen molar-refractivity contribution in [3.63, 3.8) is 0 Å². The second-order valence-electron chi connectivity index (χ2n) is 6.23. The molecule has 1 amide bonds. The molecule has 6 heteroatoms. The van der Waals surface area contributed by atoms with Crippen molar-refractivity contribution >= 4 is 32.6 Å². The zero-order valence-electron chi connectivity index (χ0n) is 13.6. The number of hydrogen-bond acceptors (Lipinski definition) is 4. The highest BCUT2D eigenvalue weighted by atomic mass is 32.1. The Morgan fingerprint density at radius 1 is 1.20 bits per heavy atom. The molecule has 0 bridgehead atoms. The number of aromatic nitrogens is 1. The van der Waals surface area contributed by atoms with Crippen LogP contribution >= 0.6 is 11.3 Å². The molecule has 4 rings (SSSR count). The van der Waals surface area contributed by atoms with E-state index >= 15 is 0 Å². The van der Waals surface area contributed by atoms with Crippen LogP contribution in [0, 0.1) is 11.7 Å². The van der Waals surface area contributed by atoms with E-state index in [0.717, 1.165) is 16.2 Å². The Kier molecular flexibility index (Phi) is 4.36. The monoisotopic (exact) mass is 355 g/mol. The highest BCUT2D eigenvalue weighted by molar-refractivity contribution is 7.22. The van der Waals surface area contributed by atoms with Gasteiger partial charge >= 0.3 is 0 Å². The third kappa shape index (κ3) is 3.49. The number of hydrogen-bond donors (Lipinski definition) is 1. The fraction of sp³-hybridized carbons (Fsp3) is 0.263. The van der Waals surface area contributed by atoms with Crippen LogP contribution in [0.2, 0.25) is 0 Å². The predicted octanol–water partition coefficient (Wildman–Crippen LogP) is 3.23. The molecule has 1 aromatic heterocycles. The first-order chi connectivity index (χ1) is 12.2. The van der Waals surface area contributed by atoms with Crippen LogP contribution in [-0.2, 0) is 11.2 Å². The Bertz CT molecular complexity index is 854. The number of fused-ring (bicyclic) bond motifs is 1. The van der Waals surface area contributed by atoms with Gasteiger partial charge in [0, 0.05) is 19.6 Å². The molecule has 0 aliphatic carbocycles. The van der Waals surface area contributed by atoms with Gasteiger partial charge in [0.05, 0.1) is 16.1 Å². The number of anilines is 1. The van der Waals surface area contributed by atoms with Gasteiger partial charge in [-0.25, -0.2) is 9.37 Å². The number of carbonyl (C=O) groups excluding carboxylic acids is 1. The lowest BCUT2D eigenvalue weighted by atomic mass is 10.00. The summed E-state index contributed by atoms with van der Waals surface area (Å²) in [7, 11) is 0. The lowest BCUT2D eigenvalue weighted by molar-refractivity contribution is -0.125. The molecular formula is C19H18FN3OS. The van der Waals surface area contributed by atoms with E-state index in [1.807, 2.05) is 18.2 Å². The molecule has 25 heavy (non-hydrogen) atoms. The number of para-hydroxylation sites is 1. The maximum Gasteiger partial charge on any atom is 0.226 e. The minimum atomic E-state index is -0.239. The number of nitrogens with zero attached hydrogens (tertiary/aromatic N) is 2. The molecule has 2 aromatic carbocycles. The van der Waals surface area contributed by atoms with Gasteiger partial charge in [-0.3, -0.25) is 4.79 Å². The average molecular weight is 355 g/mol. The van der Waals surface area contributed by atoms with Crippen LogP contribution in [0.4, 0.5) is 9.52 Å². The molecule has 2 heterocycles. The van der Waals surface area contributed by atoms with Crippen LogP contribution in [0.1, 0.15) is 5.56 Å². The molecule has 1 N–H and O–H groups in total. The van der Waals surface area contributed by atoms with E-state index in [9.17, 15) is 9.18 Å². The Balaban J connectivity index is 1.25. The molecule has 0 saturated carbocycles. The van der Waals surface area contributed by atoms with Crippen LogP contribution in [-0.4, -0.2) is 30.5 Å². The zero-order chi connectivity index (χ0) is 17.2. The molecular weight excluding hydrogens is 337 g/mol. The smallest absolute Gasteiger partial charge is 0.226 e. The van der Waals surface area contributed by atoms with E-state index in [2.05, 4.69) is 21.3 Å². The lowest BCUT2D eigenvalue weighted by Gasteiger charge is -2.37. The highest BCUT2D eigenvalue weighted by Gasteiger charge is 2.34. The minimum Gasteiger partial charge on any atom is -0.355 e. The second kappa shape index (κ2) is 6.80. The van der Waals surface area contributed by atoms with Crippen LogP contribution in [0.5, 0.6) is 0 Å². The van der Waals surface area contributed by atoms with E-state index in [-0.39, 0.29) is 17.6 Å². The van der Waals surface area contributed by atoms with Crippen LogP contribution in [0.15, 0.2) is 48.5 Å². The predicted molar refractivity (Wildman–Crippen MR) is 98.4 cm³/mol. The third-order valence-corrected chi connectivity index (χ3v) is 5.53.